The van der Waals surface area contributed by atoms with Crippen molar-refractivity contribution in [2.75, 3.05) is 0 Å². The number of aromatic nitrogens is 3. The fraction of sp³-hybridized carbons (Fsp3) is 0.107. The number of halogens is 1. The Morgan fingerprint density at radius 1 is 0.594 bits per heavy atom. The van der Waals surface area contributed by atoms with Gasteiger partial charge < -0.3 is 0 Å². The van der Waals surface area contributed by atoms with Crippen LogP contribution >= 0.6 is 22.6 Å². The van der Waals surface area contributed by atoms with Crippen LogP contribution in [0.4, 0.5) is 0 Å². The average Bonchev–Trinajstić information content (AvgIpc) is 3.05. The van der Waals surface area contributed by atoms with Crippen molar-refractivity contribution in [3.05, 3.63) is 99.9 Å². The first-order chi connectivity index (χ1) is 15.5. The molecule has 0 unspecified atom stereocenters. The van der Waals surface area contributed by atoms with Crippen molar-refractivity contribution in [1.29, 1.82) is 0 Å². The summed E-state index contributed by atoms with van der Waals surface area (Å²) in [5.41, 5.74) is 7.27. The Kier molecular flexibility index (Phi) is 4.40. The van der Waals surface area contributed by atoms with Crippen molar-refractivity contribution in [3.8, 4) is 33.9 Å². The SMILES string of the molecule is CC1(C)c2ccccc2-c2ccc(-c3nc(I)nc(-c4ccc5ccccc5c4)n3)cc21. The smallest absolute Gasteiger partial charge is 0.194 e. The highest BCUT2D eigenvalue weighted by molar-refractivity contribution is 14.1. The predicted molar refractivity (Wildman–Crippen MR) is 138 cm³/mol. The van der Waals surface area contributed by atoms with E-state index in [2.05, 4.69) is 131 Å². The van der Waals surface area contributed by atoms with Gasteiger partial charge in [-0.15, -0.1) is 0 Å². The van der Waals surface area contributed by atoms with Crippen molar-refractivity contribution in [1.82, 2.24) is 15.0 Å². The maximum Gasteiger partial charge on any atom is 0.194 e. The standard InChI is InChI=1S/C28H20IN3/c1-28(2)23-10-6-5-9-21(23)22-14-13-20(16-24(22)28)26-30-25(31-27(29)32-26)19-12-11-17-7-3-4-8-18(17)15-19/h3-16H,1-2H3. The Morgan fingerprint density at radius 2 is 1.22 bits per heavy atom. The first-order valence-corrected chi connectivity index (χ1v) is 11.7. The molecule has 1 aliphatic carbocycles. The quantitative estimate of drug-likeness (QED) is 0.228. The van der Waals surface area contributed by atoms with Crippen LogP contribution in [0.25, 0.3) is 44.7 Å². The van der Waals surface area contributed by atoms with Crippen molar-refractivity contribution in [2.45, 2.75) is 19.3 Å². The van der Waals surface area contributed by atoms with E-state index in [0.29, 0.717) is 15.5 Å². The summed E-state index contributed by atoms with van der Waals surface area (Å²) in [6, 6.07) is 30.0. The van der Waals surface area contributed by atoms with Crippen LogP contribution in [0.2, 0.25) is 0 Å². The molecule has 32 heavy (non-hydrogen) atoms. The molecule has 0 saturated heterocycles. The molecule has 0 N–H and O–H groups in total. The van der Waals surface area contributed by atoms with E-state index in [1.807, 2.05) is 0 Å². The summed E-state index contributed by atoms with van der Waals surface area (Å²) < 4.78 is 0.693. The van der Waals surface area contributed by atoms with E-state index in [1.54, 1.807) is 0 Å². The molecule has 0 radical (unpaired) electrons. The van der Waals surface area contributed by atoms with Crippen LogP contribution in [0.1, 0.15) is 25.0 Å². The fourth-order valence-electron chi connectivity index (χ4n) is 4.78. The molecule has 0 amide bonds. The first-order valence-electron chi connectivity index (χ1n) is 10.7. The molecule has 1 aromatic heterocycles. The minimum absolute atomic E-state index is 0.0523. The van der Waals surface area contributed by atoms with Crippen molar-refractivity contribution < 1.29 is 0 Å². The third kappa shape index (κ3) is 3.05. The zero-order chi connectivity index (χ0) is 21.9. The molecule has 6 rings (SSSR count). The van der Waals surface area contributed by atoms with Gasteiger partial charge in [0.2, 0.25) is 0 Å². The lowest BCUT2D eigenvalue weighted by Gasteiger charge is -2.21. The average molecular weight is 525 g/mol. The van der Waals surface area contributed by atoms with Gasteiger partial charge in [-0.1, -0.05) is 86.6 Å². The van der Waals surface area contributed by atoms with E-state index in [9.17, 15) is 0 Å². The van der Waals surface area contributed by atoms with E-state index in [4.69, 9.17) is 4.98 Å². The summed E-state index contributed by atoms with van der Waals surface area (Å²) in [6.07, 6.45) is 0. The Hall–Kier alpha value is -3.12. The van der Waals surface area contributed by atoms with Crippen LogP contribution in [0.3, 0.4) is 0 Å². The molecule has 0 bridgehead atoms. The molecule has 4 aromatic carbocycles. The second-order valence-corrected chi connectivity index (χ2v) is 9.71. The molecule has 1 heterocycles. The molecular formula is C28H20IN3. The van der Waals surface area contributed by atoms with Crippen LogP contribution in [0, 0.1) is 3.83 Å². The second kappa shape index (κ2) is 7.20. The Labute approximate surface area is 200 Å². The maximum atomic E-state index is 4.88. The monoisotopic (exact) mass is 525 g/mol. The van der Waals surface area contributed by atoms with Crippen molar-refractivity contribution in [3.63, 3.8) is 0 Å². The zero-order valence-corrected chi connectivity index (χ0v) is 20.0. The molecule has 0 aliphatic heterocycles. The summed E-state index contributed by atoms with van der Waals surface area (Å²) in [5.74, 6) is 1.41. The minimum Gasteiger partial charge on any atom is -0.208 e. The van der Waals surface area contributed by atoms with E-state index < -0.39 is 0 Å². The molecule has 4 heteroatoms. The highest BCUT2D eigenvalue weighted by atomic mass is 127. The summed E-state index contributed by atoms with van der Waals surface area (Å²) in [4.78, 5) is 14.2. The second-order valence-electron chi connectivity index (χ2n) is 8.74. The molecule has 154 valence electrons. The van der Waals surface area contributed by atoms with Crippen LogP contribution < -0.4 is 0 Å². The van der Waals surface area contributed by atoms with Gasteiger partial charge in [-0.2, -0.15) is 0 Å². The van der Waals surface area contributed by atoms with E-state index >= 15 is 0 Å². The summed E-state index contributed by atoms with van der Waals surface area (Å²) >= 11 is 2.18. The molecule has 0 spiro atoms. The number of fused-ring (bicyclic) bond motifs is 4. The summed E-state index contributed by atoms with van der Waals surface area (Å²) in [6.45, 7) is 4.58. The van der Waals surface area contributed by atoms with Gasteiger partial charge in [-0.3, -0.25) is 0 Å². The Bertz CT molecular complexity index is 1520. The minimum atomic E-state index is -0.0523. The van der Waals surface area contributed by atoms with Crippen LogP contribution in [0.15, 0.2) is 84.9 Å². The van der Waals surface area contributed by atoms with E-state index in [0.717, 1.165) is 11.1 Å². The van der Waals surface area contributed by atoms with Gasteiger partial charge in [0.05, 0.1) is 0 Å². The molecule has 0 fully saturated rings. The Balaban J connectivity index is 1.47. The number of benzene rings is 4. The molecular weight excluding hydrogens is 505 g/mol. The lowest BCUT2D eigenvalue weighted by molar-refractivity contribution is 0.660. The molecule has 1 aliphatic rings. The third-order valence-electron chi connectivity index (χ3n) is 6.46. The third-order valence-corrected chi connectivity index (χ3v) is 6.94. The van der Waals surface area contributed by atoms with Gasteiger partial charge in [-0.05, 0) is 45.2 Å². The lowest BCUT2D eigenvalue weighted by atomic mass is 9.82. The molecule has 3 nitrogen and oxygen atoms in total. The van der Waals surface area contributed by atoms with Gasteiger partial charge in [0.15, 0.2) is 15.5 Å². The van der Waals surface area contributed by atoms with Gasteiger partial charge >= 0.3 is 0 Å². The van der Waals surface area contributed by atoms with E-state index in [-0.39, 0.29) is 5.41 Å². The topological polar surface area (TPSA) is 38.7 Å². The number of rotatable bonds is 2. The van der Waals surface area contributed by atoms with Gasteiger partial charge in [0, 0.05) is 39.1 Å². The van der Waals surface area contributed by atoms with Crippen molar-refractivity contribution in [2.24, 2.45) is 0 Å². The van der Waals surface area contributed by atoms with Crippen LogP contribution in [0.5, 0.6) is 0 Å². The molecule has 0 atom stereocenters. The van der Waals surface area contributed by atoms with Gasteiger partial charge in [0.25, 0.3) is 0 Å². The number of nitrogens with zero attached hydrogens (tertiary/aromatic N) is 3. The number of hydrogen-bond acceptors (Lipinski definition) is 3. The van der Waals surface area contributed by atoms with Gasteiger partial charge in [0.1, 0.15) is 0 Å². The zero-order valence-electron chi connectivity index (χ0n) is 17.8. The summed E-state index contributed by atoms with van der Waals surface area (Å²) in [5, 5.41) is 2.39. The normalized spacial score (nSPS) is 13.7. The molecule has 0 saturated carbocycles. The van der Waals surface area contributed by atoms with E-state index in [1.165, 1.54) is 33.0 Å². The van der Waals surface area contributed by atoms with Crippen molar-refractivity contribution >= 4 is 33.4 Å². The predicted octanol–water partition coefficient (Wildman–Crippen LogP) is 7.27. The first kappa shape index (κ1) is 19.6. The maximum absolute atomic E-state index is 4.88. The Morgan fingerprint density at radius 3 is 2.03 bits per heavy atom. The fourth-order valence-corrected chi connectivity index (χ4v) is 5.24. The molecule has 5 aromatic rings. The number of hydrogen-bond donors (Lipinski definition) is 0. The largest absolute Gasteiger partial charge is 0.208 e. The lowest BCUT2D eigenvalue weighted by Crippen LogP contribution is -2.15. The van der Waals surface area contributed by atoms with Gasteiger partial charge in [-0.25, -0.2) is 15.0 Å². The highest BCUT2D eigenvalue weighted by Gasteiger charge is 2.35. The highest BCUT2D eigenvalue weighted by Crippen LogP contribution is 2.49. The summed E-state index contributed by atoms with van der Waals surface area (Å²) in [7, 11) is 0. The van der Waals surface area contributed by atoms with Crippen LogP contribution in [-0.4, -0.2) is 15.0 Å². The van der Waals surface area contributed by atoms with Crippen LogP contribution in [-0.2, 0) is 5.41 Å².